The molecule has 0 saturated heterocycles. The molecule has 9 heavy (non-hydrogen) atoms. The van der Waals surface area contributed by atoms with E-state index in [-0.39, 0.29) is 5.95 Å². The van der Waals surface area contributed by atoms with E-state index < -0.39 is 0 Å². The smallest absolute Gasteiger partial charge is 0.230 e. The molecule has 0 aliphatic rings. The molecule has 1 aromatic heterocycles. The van der Waals surface area contributed by atoms with Gasteiger partial charge in [-0.2, -0.15) is 4.98 Å². The Balaban J connectivity index is 2.94. The predicted molar refractivity (Wildman–Crippen MR) is 37.6 cm³/mol. The Morgan fingerprint density at radius 2 is 2.33 bits per heavy atom. The number of anilines is 2. The van der Waals surface area contributed by atoms with Gasteiger partial charge < -0.3 is 10.8 Å². The number of nitrogen functional groups attached to an aromatic ring is 1. The van der Waals surface area contributed by atoms with Crippen LogP contribution in [0.4, 0.5) is 11.9 Å². The van der Waals surface area contributed by atoms with Crippen LogP contribution in [0.5, 0.6) is 0 Å². The number of hydrogen-bond acceptors (Lipinski definition) is 5. The summed E-state index contributed by atoms with van der Waals surface area (Å²) in [6.45, 7) is 0. The minimum atomic E-state index is 0.218. The highest BCUT2D eigenvalue weighted by Crippen LogP contribution is 1.98. The van der Waals surface area contributed by atoms with Gasteiger partial charge in [-0.05, 0) is 9.39 Å². The van der Waals surface area contributed by atoms with E-state index in [1.165, 1.54) is 6.33 Å². The maximum Gasteiger partial charge on any atom is 0.230 e. The van der Waals surface area contributed by atoms with Crippen LogP contribution in [0, 0.1) is 0 Å². The average molecular weight is 143 g/mol. The normalized spacial score (nSPS) is 9.00. The summed E-state index contributed by atoms with van der Waals surface area (Å²) in [7, 11) is 2.26. The Morgan fingerprint density at radius 1 is 1.56 bits per heavy atom. The van der Waals surface area contributed by atoms with Crippen molar-refractivity contribution in [3.05, 3.63) is 6.33 Å². The zero-order valence-electron chi connectivity index (χ0n) is 4.57. The molecule has 0 bridgehead atoms. The van der Waals surface area contributed by atoms with Gasteiger partial charge in [-0.3, -0.25) is 0 Å². The van der Waals surface area contributed by atoms with Crippen LogP contribution in [0.3, 0.4) is 0 Å². The standard InChI is InChI=1S/C3H6N5P/c4-2-5-1-6-3(7-2)8-9/h1H,9H2,(H3,4,5,6,7,8). The van der Waals surface area contributed by atoms with Crippen LogP contribution in [0.2, 0.25) is 0 Å². The molecule has 0 aliphatic heterocycles. The summed E-state index contributed by atoms with van der Waals surface area (Å²) in [6.07, 6.45) is 1.34. The van der Waals surface area contributed by atoms with Crippen LogP contribution in [0.1, 0.15) is 0 Å². The molecule has 48 valence electrons. The number of rotatable bonds is 1. The van der Waals surface area contributed by atoms with Gasteiger partial charge in [-0.1, -0.05) is 0 Å². The first-order chi connectivity index (χ1) is 4.33. The SMILES string of the molecule is Nc1ncnc(NP)n1. The van der Waals surface area contributed by atoms with E-state index in [1.807, 2.05) is 0 Å². The Bertz CT molecular complexity index is 201. The molecule has 5 nitrogen and oxygen atoms in total. The molecule has 0 aliphatic carbocycles. The van der Waals surface area contributed by atoms with Gasteiger partial charge in [0.25, 0.3) is 0 Å². The fourth-order valence-electron chi connectivity index (χ4n) is 0.378. The molecule has 6 heteroatoms. The molecule has 0 aromatic carbocycles. The summed E-state index contributed by atoms with van der Waals surface area (Å²) in [5.74, 6) is 0.669. The fraction of sp³-hybridized carbons (Fsp3) is 0. The molecule has 1 atom stereocenters. The lowest BCUT2D eigenvalue weighted by Crippen LogP contribution is -1.98. The minimum Gasteiger partial charge on any atom is -0.368 e. The zero-order chi connectivity index (χ0) is 6.69. The largest absolute Gasteiger partial charge is 0.368 e. The Kier molecular flexibility index (Phi) is 1.75. The maximum atomic E-state index is 5.22. The summed E-state index contributed by atoms with van der Waals surface area (Å²) in [5, 5.41) is 2.64. The number of nitrogens with two attached hydrogens (primary N) is 1. The zero-order valence-corrected chi connectivity index (χ0v) is 5.73. The summed E-state index contributed by atoms with van der Waals surface area (Å²) in [6, 6.07) is 0. The van der Waals surface area contributed by atoms with Crippen LogP contribution in [-0.2, 0) is 0 Å². The molecule has 1 heterocycles. The van der Waals surface area contributed by atoms with Gasteiger partial charge >= 0.3 is 0 Å². The first-order valence-electron chi connectivity index (χ1n) is 2.24. The highest BCUT2D eigenvalue weighted by Gasteiger charge is 1.90. The monoisotopic (exact) mass is 143 g/mol. The molecule has 1 rings (SSSR count). The lowest BCUT2D eigenvalue weighted by Gasteiger charge is -1.94. The molecular weight excluding hydrogens is 137 g/mol. The third-order valence-electron chi connectivity index (χ3n) is 0.720. The van der Waals surface area contributed by atoms with E-state index in [0.29, 0.717) is 5.95 Å². The average Bonchev–Trinajstić information content (AvgIpc) is 1.88. The predicted octanol–water partition coefficient (Wildman–Crippen LogP) is -0.344. The highest BCUT2D eigenvalue weighted by atomic mass is 31.0. The van der Waals surface area contributed by atoms with E-state index in [0.717, 1.165) is 0 Å². The van der Waals surface area contributed by atoms with Gasteiger partial charge in [-0.25, -0.2) is 9.97 Å². The first-order valence-corrected chi connectivity index (χ1v) is 2.82. The molecule has 3 N–H and O–H groups in total. The van der Waals surface area contributed by atoms with Crippen molar-refractivity contribution in [1.82, 2.24) is 15.0 Å². The number of hydrogen-bond donors (Lipinski definition) is 2. The summed E-state index contributed by atoms with van der Waals surface area (Å²) in [4.78, 5) is 11.0. The third kappa shape index (κ3) is 1.47. The van der Waals surface area contributed by atoms with E-state index in [4.69, 9.17) is 5.73 Å². The molecule has 0 radical (unpaired) electrons. The summed E-state index contributed by atoms with van der Waals surface area (Å²) < 4.78 is 0. The number of nitrogens with zero attached hydrogens (tertiary/aromatic N) is 3. The Labute approximate surface area is 54.4 Å². The van der Waals surface area contributed by atoms with Crippen LogP contribution in [0.25, 0.3) is 0 Å². The summed E-state index contributed by atoms with van der Waals surface area (Å²) >= 11 is 0. The summed E-state index contributed by atoms with van der Waals surface area (Å²) in [5.41, 5.74) is 5.22. The van der Waals surface area contributed by atoms with Crippen LogP contribution in [-0.4, -0.2) is 15.0 Å². The molecule has 0 saturated carbocycles. The Hall–Kier alpha value is -0.960. The van der Waals surface area contributed by atoms with Gasteiger partial charge in [0, 0.05) is 0 Å². The van der Waals surface area contributed by atoms with E-state index in [1.54, 1.807) is 0 Å². The molecule has 1 aromatic rings. The molecule has 0 fully saturated rings. The molecule has 1 unspecified atom stereocenters. The maximum absolute atomic E-state index is 5.22. The van der Waals surface area contributed by atoms with Gasteiger partial charge in [-0.15, -0.1) is 0 Å². The van der Waals surface area contributed by atoms with E-state index >= 15 is 0 Å². The second kappa shape index (κ2) is 2.55. The topological polar surface area (TPSA) is 76.7 Å². The lowest BCUT2D eigenvalue weighted by molar-refractivity contribution is 1.08. The second-order valence-electron chi connectivity index (χ2n) is 1.31. The van der Waals surface area contributed by atoms with Gasteiger partial charge in [0.15, 0.2) is 0 Å². The quantitative estimate of drug-likeness (QED) is 0.525. The van der Waals surface area contributed by atoms with Gasteiger partial charge in [0.1, 0.15) is 6.33 Å². The third-order valence-corrected chi connectivity index (χ3v) is 0.978. The van der Waals surface area contributed by atoms with Gasteiger partial charge in [0.05, 0.1) is 0 Å². The number of aromatic nitrogens is 3. The van der Waals surface area contributed by atoms with Crippen LogP contribution < -0.4 is 10.8 Å². The Morgan fingerprint density at radius 3 is 2.78 bits per heavy atom. The fourth-order valence-corrected chi connectivity index (χ4v) is 0.518. The van der Waals surface area contributed by atoms with Crippen molar-refractivity contribution < 1.29 is 0 Å². The second-order valence-corrected chi connectivity index (χ2v) is 1.60. The first kappa shape index (κ1) is 6.16. The number of nitrogens with one attached hydrogen (secondary N) is 1. The molecular formula is C3H6N5P. The molecule has 0 amide bonds. The van der Waals surface area contributed by atoms with Gasteiger partial charge in [0.2, 0.25) is 11.9 Å². The van der Waals surface area contributed by atoms with Crippen LogP contribution in [0.15, 0.2) is 6.33 Å². The van der Waals surface area contributed by atoms with Crippen molar-refractivity contribution in [2.45, 2.75) is 0 Å². The van der Waals surface area contributed by atoms with Crippen molar-refractivity contribution in [3.63, 3.8) is 0 Å². The highest BCUT2D eigenvalue weighted by molar-refractivity contribution is 7.18. The minimum absolute atomic E-state index is 0.218. The van der Waals surface area contributed by atoms with E-state index in [2.05, 4.69) is 29.4 Å². The van der Waals surface area contributed by atoms with E-state index in [9.17, 15) is 0 Å². The van der Waals surface area contributed by atoms with Crippen molar-refractivity contribution in [1.29, 1.82) is 0 Å². The van der Waals surface area contributed by atoms with Crippen molar-refractivity contribution in [3.8, 4) is 0 Å². The molecule has 0 spiro atoms. The van der Waals surface area contributed by atoms with Crippen molar-refractivity contribution in [2.24, 2.45) is 0 Å². The lowest BCUT2D eigenvalue weighted by atomic mass is 10.9. The van der Waals surface area contributed by atoms with Crippen molar-refractivity contribution in [2.75, 3.05) is 10.8 Å². The van der Waals surface area contributed by atoms with Crippen molar-refractivity contribution >= 4 is 21.3 Å². The van der Waals surface area contributed by atoms with Crippen LogP contribution >= 0.6 is 9.39 Å².